The maximum Gasteiger partial charge on any atom is 0.335 e. The van der Waals surface area contributed by atoms with Gasteiger partial charge in [0, 0.05) is 18.8 Å². The molecule has 1 saturated carbocycles. The van der Waals surface area contributed by atoms with Crippen LogP contribution in [-0.4, -0.2) is 35.1 Å². The van der Waals surface area contributed by atoms with Gasteiger partial charge in [0.05, 0.1) is 5.56 Å². The molecule has 0 saturated heterocycles. The van der Waals surface area contributed by atoms with Crippen molar-refractivity contribution < 1.29 is 14.7 Å². The quantitative estimate of drug-likeness (QED) is 0.895. The van der Waals surface area contributed by atoms with Gasteiger partial charge in [-0.1, -0.05) is 25.3 Å². The number of aromatic carboxylic acids is 1. The number of anilines is 1. The van der Waals surface area contributed by atoms with Crippen LogP contribution < -0.4 is 5.32 Å². The van der Waals surface area contributed by atoms with E-state index in [2.05, 4.69) is 5.32 Å². The Balaban J connectivity index is 2.07. The smallest absolute Gasteiger partial charge is 0.335 e. The minimum atomic E-state index is -0.994. The van der Waals surface area contributed by atoms with Gasteiger partial charge in [0.25, 0.3) is 0 Å². The molecule has 5 nitrogen and oxygen atoms in total. The van der Waals surface area contributed by atoms with Crippen LogP contribution >= 0.6 is 0 Å². The van der Waals surface area contributed by atoms with E-state index in [9.17, 15) is 9.59 Å². The highest BCUT2D eigenvalue weighted by Crippen LogP contribution is 2.23. The number of hydrogen-bond donors (Lipinski definition) is 2. The summed E-state index contributed by atoms with van der Waals surface area (Å²) in [7, 11) is 1.81. The van der Waals surface area contributed by atoms with Crippen molar-refractivity contribution in [1.29, 1.82) is 0 Å². The monoisotopic (exact) mass is 290 g/mol. The molecular weight excluding hydrogens is 268 g/mol. The van der Waals surface area contributed by atoms with Crippen molar-refractivity contribution in [3.05, 3.63) is 29.3 Å². The molecule has 0 unspecified atom stereocenters. The molecule has 0 aromatic heterocycles. The van der Waals surface area contributed by atoms with Crippen LogP contribution in [0.1, 0.15) is 48.0 Å². The number of rotatable bonds is 3. The van der Waals surface area contributed by atoms with Crippen LogP contribution in [0.15, 0.2) is 18.2 Å². The highest BCUT2D eigenvalue weighted by Gasteiger charge is 2.22. The van der Waals surface area contributed by atoms with E-state index in [1.54, 1.807) is 11.0 Å². The van der Waals surface area contributed by atoms with Crippen molar-refractivity contribution in [3.8, 4) is 0 Å². The third-order valence-corrected chi connectivity index (χ3v) is 4.17. The van der Waals surface area contributed by atoms with E-state index in [0.717, 1.165) is 31.2 Å². The Morgan fingerprint density at radius 1 is 1.24 bits per heavy atom. The van der Waals surface area contributed by atoms with Crippen molar-refractivity contribution in [2.24, 2.45) is 0 Å². The molecule has 1 aliphatic carbocycles. The lowest BCUT2D eigenvalue weighted by Crippen LogP contribution is -2.41. The van der Waals surface area contributed by atoms with Crippen LogP contribution in [0.25, 0.3) is 0 Å². The van der Waals surface area contributed by atoms with E-state index < -0.39 is 5.97 Å². The molecule has 0 radical (unpaired) electrons. The van der Waals surface area contributed by atoms with Gasteiger partial charge in [0.15, 0.2) is 0 Å². The van der Waals surface area contributed by atoms with Gasteiger partial charge >= 0.3 is 12.0 Å². The van der Waals surface area contributed by atoms with E-state index in [4.69, 9.17) is 5.11 Å². The van der Waals surface area contributed by atoms with E-state index in [1.807, 2.05) is 14.0 Å². The molecule has 5 heteroatoms. The molecule has 1 aliphatic rings. The number of carboxylic acid groups (broad SMARTS) is 1. The predicted octanol–water partition coefficient (Wildman–Crippen LogP) is 3.49. The topological polar surface area (TPSA) is 69.6 Å². The highest BCUT2D eigenvalue weighted by atomic mass is 16.4. The average molecular weight is 290 g/mol. The minimum absolute atomic E-state index is 0.174. The maximum absolute atomic E-state index is 12.3. The van der Waals surface area contributed by atoms with Gasteiger partial charge in [-0.05, 0) is 37.5 Å². The first-order chi connectivity index (χ1) is 9.99. The van der Waals surface area contributed by atoms with Gasteiger partial charge in [-0.3, -0.25) is 0 Å². The summed E-state index contributed by atoms with van der Waals surface area (Å²) in [6, 6.07) is 4.86. The summed E-state index contributed by atoms with van der Waals surface area (Å²) < 4.78 is 0. The first kappa shape index (κ1) is 15.4. The number of amides is 2. The molecule has 1 aromatic carbocycles. The SMILES string of the molecule is Cc1ccc(C(=O)O)cc1NC(=O)N(C)C1CCCCC1. The zero-order valence-electron chi connectivity index (χ0n) is 12.6. The van der Waals surface area contributed by atoms with Crippen LogP contribution in [-0.2, 0) is 0 Å². The number of carbonyl (C=O) groups is 2. The second-order valence-corrected chi connectivity index (χ2v) is 5.67. The van der Waals surface area contributed by atoms with Gasteiger partial charge in [-0.2, -0.15) is 0 Å². The molecule has 0 bridgehead atoms. The Morgan fingerprint density at radius 2 is 1.90 bits per heavy atom. The van der Waals surface area contributed by atoms with E-state index in [-0.39, 0.29) is 17.6 Å². The Hall–Kier alpha value is -2.04. The van der Waals surface area contributed by atoms with Gasteiger partial charge in [0.1, 0.15) is 0 Å². The van der Waals surface area contributed by atoms with E-state index in [1.165, 1.54) is 18.6 Å². The molecule has 21 heavy (non-hydrogen) atoms. The van der Waals surface area contributed by atoms with Crippen LogP contribution in [0.4, 0.5) is 10.5 Å². The number of carboxylic acids is 1. The summed E-state index contributed by atoms with van der Waals surface area (Å²) in [4.78, 5) is 25.1. The van der Waals surface area contributed by atoms with Gasteiger partial charge in [0.2, 0.25) is 0 Å². The summed E-state index contributed by atoms with van der Waals surface area (Å²) >= 11 is 0. The summed E-state index contributed by atoms with van der Waals surface area (Å²) in [6.07, 6.45) is 5.65. The minimum Gasteiger partial charge on any atom is -0.478 e. The van der Waals surface area contributed by atoms with Crippen LogP contribution in [0, 0.1) is 6.92 Å². The Labute approximate surface area is 125 Å². The van der Waals surface area contributed by atoms with Crippen molar-refractivity contribution >= 4 is 17.7 Å². The summed E-state index contributed by atoms with van der Waals surface area (Å²) in [5.41, 5.74) is 1.59. The predicted molar refractivity (Wildman–Crippen MR) is 81.8 cm³/mol. The van der Waals surface area contributed by atoms with Crippen molar-refractivity contribution in [2.75, 3.05) is 12.4 Å². The maximum atomic E-state index is 12.3. The van der Waals surface area contributed by atoms with Gasteiger partial charge in [-0.15, -0.1) is 0 Å². The van der Waals surface area contributed by atoms with Crippen LogP contribution in [0.5, 0.6) is 0 Å². The lowest BCUT2D eigenvalue weighted by molar-refractivity contribution is 0.0697. The fourth-order valence-corrected chi connectivity index (χ4v) is 2.73. The van der Waals surface area contributed by atoms with Crippen molar-refractivity contribution in [3.63, 3.8) is 0 Å². The molecule has 2 N–H and O–H groups in total. The zero-order valence-corrected chi connectivity index (χ0v) is 12.6. The second-order valence-electron chi connectivity index (χ2n) is 5.67. The Morgan fingerprint density at radius 3 is 2.52 bits per heavy atom. The first-order valence-corrected chi connectivity index (χ1v) is 7.37. The normalized spacial score (nSPS) is 15.5. The zero-order chi connectivity index (χ0) is 15.4. The highest BCUT2D eigenvalue weighted by molar-refractivity contribution is 5.94. The number of aryl methyl sites for hydroxylation is 1. The summed E-state index contributed by atoms with van der Waals surface area (Å²) in [5.74, 6) is -0.994. The third kappa shape index (κ3) is 3.74. The summed E-state index contributed by atoms with van der Waals surface area (Å²) in [6.45, 7) is 1.85. The third-order valence-electron chi connectivity index (χ3n) is 4.17. The molecule has 0 spiro atoms. The number of benzene rings is 1. The molecule has 0 heterocycles. The molecular formula is C16H22N2O3. The lowest BCUT2D eigenvalue weighted by Gasteiger charge is -2.31. The molecule has 1 aromatic rings. The molecule has 1 fully saturated rings. The molecule has 2 amide bonds. The van der Waals surface area contributed by atoms with E-state index >= 15 is 0 Å². The first-order valence-electron chi connectivity index (χ1n) is 7.37. The molecule has 0 atom stereocenters. The summed E-state index contributed by atoms with van der Waals surface area (Å²) in [5, 5.41) is 11.9. The second kappa shape index (κ2) is 6.61. The average Bonchev–Trinajstić information content (AvgIpc) is 2.49. The Bertz CT molecular complexity index is 536. The number of urea groups is 1. The number of nitrogens with one attached hydrogen (secondary N) is 1. The molecule has 2 rings (SSSR count). The number of carbonyl (C=O) groups excluding carboxylic acids is 1. The van der Waals surface area contributed by atoms with Crippen LogP contribution in [0.2, 0.25) is 0 Å². The van der Waals surface area contributed by atoms with Gasteiger partial charge in [-0.25, -0.2) is 9.59 Å². The number of hydrogen-bond acceptors (Lipinski definition) is 2. The standard InChI is InChI=1S/C16H22N2O3/c1-11-8-9-12(15(19)20)10-14(11)17-16(21)18(2)13-6-4-3-5-7-13/h8-10,13H,3-7H2,1-2H3,(H,17,21)(H,19,20). The molecule has 114 valence electrons. The molecule has 0 aliphatic heterocycles. The van der Waals surface area contributed by atoms with Crippen molar-refractivity contribution in [1.82, 2.24) is 4.90 Å². The van der Waals surface area contributed by atoms with Crippen LogP contribution in [0.3, 0.4) is 0 Å². The largest absolute Gasteiger partial charge is 0.478 e. The Kier molecular flexibility index (Phi) is 4.83. The lowest BCUT2D eigenvalue weighted by atomic mass is 9.95. The number of nitrogens with zero attached hydrogens (tertiary/aromatic N) is 1. The van der Waals surface area contributed by atoms with E-state index in [0.29, 0.717) is 5.69 Å². The fourth-order valence-electron chi connectivity index (χ4n) is 2.73. The van der Waals surface area contributed by atoms with Crippen molar-refractivity contribution in [2.45, 2.75) is 45.1 Å². The fraction of sp³-hybridized carbons (Fsp3) is 0.500. The van der Waals surface area contributed by atoms with Gasteiger partial charge < -0.3 is 15.3 Å².